The average Bonchev–Trinajstić information content (AvgIpc) is 2.87. The molecule has 10 nitrogen and oxygen atoms in total. The van der Waals surface area contributed by atoms with E-state index in [-0.39, 0.29) is 31.2 Å². The van der Waals surface area contributed by atoms with Crippen LogP contribution >= 0.6 is 11.6 Å². The number of halogens is 1. The SMILES string of the molecule is COC(=O)[C@@H](C)CCn1c(=O)[nH]/c(=N/c2ccc(OC(C)C)c(Cl)c2)n(Cc2ccc(OC)cc2)c1=O. The Bertz CT molecular complexity index is 1420. The van der Waals surface area contributed by atoms with E-state index in [9.17, 15) is 14.4 Å². The largest absolute Gasteiger partial charge is 0.497 e. The molecule has 11 heteroatoms. The third-order valence-corrected chi connectivity index (χ3v) is 5.88. The first-order chi connectivity index (χ1) is 17.6. The number of aromatic nitrogens is 3. The number of esters is 1. The van der Waals surface area contributed by atoms with Crippen molar-refractivity contribution in [3.8, 4) is 11.5 Å². The fourth-order valence-electron chi connectivity index (χ4n) is 3.57. The van der Waals surface area contributed by atoms with E-state index >= 15 is 0 Å². The number of hydrogen-bond acceptors (Lipinski definition) is 7. The highest BCUT2D eigenvalue weighted by Gasteiger charge is 2.16. The van der Waals surface area contributed by atoms with Gasteiger partial charge < -0.3 is 14.2 Å². The molecule has 2 aromatic carbocycles. The van der Waals surface area contributed by atoms with Crippen molar-refractivity contribution in [3.63, 3.8) is 0 Å². The predicted octanol–water partition coefficient (Wildman–Crippen LogP) is 3.27. The Hall–Kier alpha value is -3.79. The summed E-state index contributed by atoms with van der Waals surface area (Å²) in [7, 11) is 2.87. The maximum atomic E-state index is 13.5. The maximum absolute atomic E-state index is 13.5. The number of carbonyl (C=O) groups excluding carboxylic acids is 1. The second kappa shape index (κ2) is 12.4. The van der Waals surface area contributed by atoms with Crippen LogP contribution in [-0.4, -0.2) is 40.4 Å². The highest BCUT2D eigenvalue weighted by molar-refractivity contribution is 6.32. The van der Waals surface area contributed by atoms with Crippen molar-refractivity contribution in [1.29, 1.82) is 0 Å². The molecule has 1 atom stereocenters. The van der Waals surface area contributed by atoms with Gasteiger partial charge in [0.2, 0.25) is 5.62 Å². The normalized spacial score (nSPS) is 12.5. The summed E-state index contributed by atoms with van der Waals surface area (Å²) in [4.78, 5) is 45.4. The second-order valence-corrected chi connectivity index (χ2v) is 9.14. The zero-order valence-electron chi connectivity index (χ0n) is 21.5. The van der Waals surface area contributed by atoms with Crippen LogP contribution in [0.4, 0.5) is 5.69 Å². The average molecular weight is 531 g/mol. The number of nitrogens with zero attached hydrogens (tertiary/aromatic N) is 3. The lowest BCUT2D eigenvalue weighted by Crippen LogP contribution is -2.50. The zero-order valence-corrected chi connectivity index (χ0v) is 22.2. The summed E-state index contributed by atoms with van der Waals surface area (Å²) >= 11 is 6.35. The number of benzene rings is 2. The first-order valence-electron chi connectivity index (χ1n) is 11.8. The molecule has 0 spiro atoms. The number of H-pyrrole nitrogens is 1. The molecule has 3 rings (SSSR count). The molecule has 1 aromatic heterocycles. The Morgan fingerprint density at radius 1 is 1.05 bits per heavy atom. The van der Waals surface area contributed by atoms with Crippen molar-refractivity contribution in [2.45, 2.75) is 46.4 Å². The summed E-state index contributed by atoms with van der Waals surface area (Å²) in [6.45, 7) is 5.62. The van der Waals surface area contributed by atoms with Crippen molar-refractivity contribution in [2.24, 2.45) is 10.9 Å². The van der Waals surface area contributed by atoms with Crippen LogP contribution in [-0.2, 0) is 22.6 Å². The van der Waals surface area contributed by atoms with E-state index in [1.165, 1.54) is 11.7 Å². The van der Waals surface area contributed by atoms with Crippen LogP contribution in [0.5, 0.6) is 11.5 Å². The van der Waals surface area contributed by atoms with Gasteiger partial charge in [0, 0.05) is 6.54 Å². The van der Waals surface area contributed by atoms with Crippen LogP contribution in [0.1, 0.15) is 32.8 Å². The monoisotopic (exact) mass is 530 g/mol. The van der Waals surface area contributed by atoms with Crippen molar-refractivity contribution in [2.75, 3.05) is 14.2 Å². The van der Waals surface area contributed by atoms with Gasteiger partial charge in [0.05, 0.1) is 43.5 Å². The fourth-order valence-corrected chi connectivity index (χ4v) is 3.79. The summed E-state index contributed by atoms with van der Waals surface area (Å²) in [5.74, 6) is 0.284. The summed E-state index contributed by atoms with van der Waals surface area (Å²) in [5.41, 5.74) is 0.0619. The Labute approximate surface area is 219 Å². The van der Waals surface area contributed by atoms with E-state index in [4.69, 9.17) is 25.8 Å². The standard InChI is InChI=1S/C26H31ClN4O6/c1-16(2)37-22-11-8-19(14-21(22)27)28-24-29-25(33)30(13-12-17(3)23(32)36-5)26(34)31(24)15-18-6-9-20(35-4)10-7-18/h6-11,14,16-17H,12-13,15H2,1-5H3,(H,28,29,33)/t17-/m0/s1. The highest BCUT2D eigenvalue weighted by Crippen LogP contribution is 2.29. The minimum Gasteiger partial charge on any atom is -0.497 e. The molecule has 198 valence electrons. The zero-order chi connectivity index (χ0) is 27.1. The van der Waals surface area contributed by atoms with Crippen molar-refractivity contribution >= 4 is 23.3 Å². The van der Waals surface area contributed by atoms with Gasteiger partial charge in [0.15, 0.2) is 0 Å². The first kappa shape index (κ1) is 27.8. The molecule has 1 heterocycles. The summed E-state index contributed by atoms with van der Waals surface area (Å²) in [6, 6.07) is 12.2. The van der Waals surface area contributed by atoms with Gasteiger partial charge in [-0.3, -0.25) is 14.3 Å². The highest BCUT2D eigenvalue weighted by atomic mass is 35.5. The number of methoxy groups -OCH3 is 2. The number of hydrogen-bond donors (Lipinski definition) is 1. The van der Waals surface area contributed by atoms with Gasteiger partial charge in [-0.15, -0.1) is 0 Å². The molecular formula is C26H31ClN4O6. The van der Waals surface area contributed by atoms with E-state index in [0.29, 0.717) is 22.2 Å². The smallest absolute Gasteiger partial charge is 0.335 e. The van der Waals surface area contributed by atoms with Gasteiger partial charge in [0.25, 0.3) is 0 Å². The summed E-state index contributed by atoms with van der Waals surface area (Å²) in [6.07, 6.45) is 0.194. The number of aromatic amines is 1. The quantitative estimate of drug-likeness (QED) is 0.402. The van der Waals surface area contributed by atoms with Gasteiger partial charge in [-0.25, -0.2) is 19.1 Å². The molecule has 0 radical (unpaired) electrons. The Morgan fingerprint density at radius 3 is 2.35 bits per heavy atom. The van der Waals surface area contributed by atoms with Crippen LogP contribution in [0.2, 0.25) is 5.02 Å². The number of rotatable bonds is 10. The van der Waals surface area contributed by atoms with Gasteiger partial charge in [-0.1, -0.05) is 30.7 Å². The predicted molar refractivity (Wildman–Crippen MR) is 140 cm³/mol. The molecule has 0 saturated carbocycles. The molecular weight excluding hydrogens is 500 g/mol. The third-order valence-electron chi connectivity index (χ3n) is 5.58. The lowest BCUT2D eigenvalue weighted by Gasteiger charge is -2.13. The van der Waals surface area contributed by atoms with Crippen molar-refractivity contribution in [1.82, 2.24) is 14.1 Å². The summed E-state index contributed by atoms with van der Waals surface area (Å²) in [5, 5.41) is 0.351. The topological polar surface area (TPSA) is 117 Å². The molecule has 37 heavy (non-hydrogen) atoms. The number of nitrogens with one attached hydrogen (secondary N) is 1. The molecule has 0 aliphatic rings. The molecule has 1 N–H and O–H groups in total. The third kappa shape index (κ3) is 7.13. The minimum absolute atomic E-state index is 0.0282. The van der Waals surface area contributed by atoms with Crippen LogP contribution < -0.4 is 26.5 Å². The Kier molecular flexibility index (Phi) is 9.35. The lowest BCUT2D eigenvalue weighted by molar-refractivity contribution is -0.145. The van der Waals surface area contributed by atoms with E-state index in [1.807, 2.05) is 26.0 Å². The number of ether oxygens (including phenoxy) is 3. The molecule has 0 saturated heterocycles. The van der Waals surface area contributed by atoms with Crippen LogP contribution in [0.3, 0.4) is 0 Å². The molecule has 3 aromatic rings. The van der Waals surface area contributed by atoms with Crippen LogP contribution in [0.25, 0.3) is 0 Å². The molecule has 0 unspecified atom stereocenters. The molecule has 0 fully saturated rings. The van der Waals surface area contributed by atoms with Gasteiger partial charge in [0.1, 0.15) is 11.5 Å². The lowest BCUT2D eigenvalue weighted by atomic mass is 10.1. The van der Waals surface area contributed by atoms with E-state index in [2.05, 4.69) is 9.98 Å². The van der Waals surface area contributed by atoms with Gasteiger partial charge >= 0.3 is 17.3 Å². The Morgan fingerprint density at radius 2 is 1.76 bits per heavy atom. The van der Waals surface area contributed by atoms with E-state index < -0.39 is 23.3 Å². The summed E-state index contributed by atoms with van der Waals surface area (Å²) < 4.78 is 18.0. The first-order valence-corrected chi connectivity index (χ1v) is 12.2. The molecule has 0 amide bonds. The molecule has 0 aliphatic heterocycles. The minimum atomic E-state index is -0.641. The van der Waals surface area contributed by atoms with Crippen LogP contribution in [0.15, 0.2) is 57.0 Å². The maximum Gasteiger partial charge on any atom is 0.335 e. The van der Waals surface area contributed by atoms with Crippen molar-refractivity contribution in [3.05, 3.63) is 79.6 Å². The van der Waals surface area contributed by atoms with Gasteiger partial charge in [-0.05, 0) is 56.2 Å². The second-order valence-electron chi connectivity index (χ2n) is 8.73. The fraction of sp³-hybridized carbons (Fsp3) is 0.385. The molecule has 0 aliphatic carbocycles. The Balaban J connectivity index is 2.09. The van der Waals surface area contributed by atoms with E-state index in [0.717, 1.165) is 10.1 Å². The molecule has 0 bridgehead atoms. The van der Waals surface area contributed by atoms with Crippen molar-refractivity contribution < 1.29 is 19.0 Å². The van der Waals surface area contributed by atoms with Crippen LogP contribution in [0, 0.1) is 5.92 Å². The van der Waals surface area contributed by atoms with Gasteiger partial charge in [-0.2, -0.15) is 0 Å². The number of carbonyl (C=O) groups is 1. The van der Waals surface area contributed by atoms with E-state index in [1.54, 1.807) is 44.4 Å².